The van der Waals surface area contributed by atoms with Crippen LogP contribution in [0.3, 0.4) is 0 Å². The van der Waals surface area contributed by atoms with Crippen molar-refractivity contribution in [3.8, 4) is 0 Å². The molecule has 1 aliphatic carbocycles. The van der Waals surface area contributed by atoms with Crippen molar-refractivity contribution in [3.05, 3.63) is 65.2 Å². The van der Waals surface area contributed by atoms with Crippen LogP contribution in [0.1, 0.15) is 40.4 Å². The molecule has 5 nitrogen and oxygen atoms in total. The minimum Gasteiger partial charge on any atom is -0.452 e. The average Bonchev–Trinajstić information content (AvgIpc) is 2.66. The van der Waals surface area contributed by atoms with Gasteiger partial charge in [-0.25, -0.2) is 4.79 Å². The van der Waals surface area contributed by atoms with Crippen LogP contribution < -0.4 is 5.32 Å². The Morgan fingerprint density at radius 2 is 1.88 bits per heavy atom. The van der Waals surface area contributed by atoms with Crippen LogP contribution in [0, 0.1) is 0 Å². The van der Waals surface area contributed by atoms with Gasteiger partial charge in [0.1, 0.15) is 0 Å². The third kappa shape index (κ3) is 4.19. The molecular weight excluding hydrogens is 350 g/mol. The highest BCUT2D eigenvalue weighted by molar-refractivity contribution is 7.84. The van der Waals surface area contributed by atoms with Gasteiger partial charge < -0.3 is 10.1 Å². The first kappa shape index (κ1) is 18.3. The zero-order valence-electron chi connectivity index (χ0n) is 14.6. The fourth-order valence-electron chi connectivity index (χ4n) is 3.23. The molecule has 6 heteroatoms. The van der Waals surface area contributed by atoms with Gasteiger partial charge in [-0.05, 0) is 42.5 Å². The lowest BCUT2D eigenvalue weighted by Gasteiger charge is -2.26. The van der Waals surface area contributed by atoms with E-state index < -0.39 is 16.8 Å². The van der Waals surface area contributed by atoms with E-state index in [9.17, 15) is 13.8 Å². The molecule has 2 aromatic rings. The van der Waals surface area contributed by atoms with Crippen LogP contribution in [0.15, 0.2) is 53.4 Å². The molecule has 0 aromatic heterocycles. The summed E-state index contributed by atoms with van der Waals surface area (Å²) in [6, 6.07) is 14.6. The maximum absolute atomic E-state index is 12.2. The highest BCUT2D eigenvalue weighted by Crippen LogP contribution is 2.29. The zero-order chi connectivity index (χ0) is 18.5. The number of fused-ring (bicyclic) bond motifs is 1. The summed E-state index contributed by atoms with van der Waals surface area (Å²) >= 11 is 0. The first-order chi connectivity index (χ1) is 12.6. The number of ether oxygens (including phenoxy) is 1. The van der Waals surface area contributed by atoms with E-state index in [1.807, 2.05) is 18.2 Å². The first-order valence-electron chi connectivity index (χ1n) is 8.53. The second-order valence-corrected chi connectivity index (χ2v) is 7.59. The molecule has 0 radical (unpaired) electrons. The van der Waals surface area contributed by atoms with E-state index in [0.717, 1.165) is 24.8 Å². The molecule has 1 amide bonds. The molecule has 1 aliphatic rings. The highest BCUT2D eigenvalue weighted by Gasteiger charge is 2.22. The van der Waals surface area contributed by atoms with Crippen LogP contribution in [0.5, 0.6) is 0 Å². The van der Waals surface area contributed by atoms with Crippen molar-refractivity contribution < 1.29 is 18.5 Å². The van der Waals surface area contributed by atoms with Crippen molar-refractivity contribution in [2.45, 2.75) is 30.2 Å². The smallest absolute Gasteiger partial charge is 0.339 e. The number of carbonyl (C=O) groups excluding carboxylic acids is 2. The van der Waals surface area contributed by atoms with Crippen molar-refractivity contribution in [2.24, 2.45) is 0 Å². The standard InChI is InChI=1S/C20H21NO4S/c1-26(24)18-12-5-4-10-16(18)20(23)25-13-19(22)21-17-11-6-8-14-7-2-3-9-15(14)17/h2-5,7,9-10,12,17H,6,8,11,13H2,1H3,(H,21,22)/t17-,26-/m0/s1. The van der Waals surface area contributed by atoms with Crippen LogP contribution in [-0.2, 0) is 26.8 Å². The Labute approximate surface area is 155 Å². The highest BCUT2D eigenvalue weighted by atomic mass is 32.2. The van der Waals surface area contributed by atoms with Gasteiger partial charge in [-0.1, -0.05) is 36.4 Å². The lowest BCUT2D eigenvalue weighted by Crippen LogP contribution is -2.34. The number of nitrogens with one attached hydrogen (secondary N) is 1. The fourth-order valence-corrected chi connectivity index (χ4v) is 3.97. The van der Waals surface area contributed by atoms with Crippen molar-refractivity contribution in [3.63, 3.8) is 0 Å². The molecule has 0 aliphatic heterocycles. The molecule has 136 valence electrons. The minimum absolute atomic E-state index is 0.0541. The molecular formula is C20H21NO4S. The number of hydrogen-bond acceptors (Lipinski definition) is 4. The Morgan fingerprint density at radius 1 is 1.15 bits per heavy atom. The van der Waals surface area contributed by atoms with E-state index >= 15 is 0 Å². The third-order valence-electron chi connectivity index (χ3n) is 4.46. The first-order valence-corrected chi connectivity index (χ1v) is 10.1. The second kappa shape index (κ2) is 8.27. The summed E-state index contributed by atoms with van der Waals surface area (Å²) < 4.78 is 16.8. The maximum Gasteiger partial charge on any atom is 0.339 e. The molecule has 2 atom stereocenters. The fraction of sp³-hybridized carbons (Fsp3) is 0.300. The number of esters is 1. The number of aryl methyl sites for hydroxylation is 1. The largest absolute Gasteiger partial charge is 0.452 e. The SMILES string of the molecule is C[S@](=O)c1ccccc1C(=O)OCC(=O)N[C@H]1CCCc2ccccc21. The zero-order valence-corrected chi connectivity index (χ0v) is 15.4. The molecule has 0 fully saturated rings. The Balaban J connectivity index is 1.60. The van der Waals surface area contributed by atoms with Gasteiger partial charge >= 0.3 is 5.97 Å². The molecule has 0 heterocycles. The number of hydrogen-bond donors (Lipinski definition) is 1. The number of benzene rings is 2. The molecule has 0 bridgehead atoms. The predicted molar refractivity (Wildman–Crippen MR) is 99.3 cm³/mol. The molecule has 0 saturated heterocycles. The quantitative estimate of drug-likeness (QED) is 0.821. The van der Waals surface area contributed by atoms with Crippen LogP contribution in [-0.4, -0.2) is 28.9 Å². The van der Waals surface area contributed by atoms with E-state index in [4.69, 9.17) is 4.74 Å². The van der Waals surface area contributed by atoms with Gasteiger partial charge in [0.05, 0.1) is 27.3 Å². The van der Waals surface area contributed by atoms with Gasteiger partial charge in [0.2, 0.25) is 0 Å². The molecule has 26 heavy (non-hydrogen) atoms. The Kier molecular flexibility index (Phi) is 5.83. The van der Waals surface area contributed by atoms with Crippen molar-refractivity contribution in [1.29, 1.82) is 0 Å². The number of rotatable bonds is 5. The molecule has 0 saturated carbocycles. The summed E-state index contributed by atoms with van der Waals surface area (Å²) in [5.41, 5.74) is 2.61. The van der Waals surface area contributed by atoms with Gasteiger partial charge in [0, 0.05) is 6.26 Å². The van der Waals surface area contributed by atoms with E-state index in [2.05, 4.69) is 11.4 Å². The maximum atomic E-state index is 12.2. The third-order valence-corrected chi connectivity index (χ3v) is 5.43. The predicted octanol–water partition coefficient (Wildman–Crippen LogP) is 2.77. The summed E-state index contributed by atoms with van der Waals surface area (Å²) in [6.45, 7) is -0.359. The normalized spacial score (nSPS) is 17.0. The summed E-state index contributed by atoms with van der Waals surface area (Å²) in [7, 11) is -1.31. The van der Waals surface area contributed by atoms with Gasteiger partial charge in [-0.3, -0.25) is 9.00 Å². The van der Waals surface area contributed by atoms with E-state index in [1.54, 1.807) is 24.3 Å². The molecule has 0 unspecified atom stereocenters. The van der Waals surface area contributed by atoms with Crippen molar-refractivity contribution in [2.75, 3.05) is 12.9 Å². The van der Waals surface area contributed by atoms with Gasteiger partial charge in [0.25, 0.3) is 5.91 Å². The molecule has 0 spiro atoms. The average molecular weight is 371 g/mol. The van der Waals surface area contributed by atoms with E-state index in [1.165, 1.54) is 11.8 Å². The van der Waals surface area contributed by atoms with Crippen LogP contribution in [0.25, 0.3) is 0 Å². The van der Waals surface area contributed by atoms with E-state index in [-0.39, 0.29) is 24.1 Å². The Morgan fingerprint density at radius 3 is 2.69 bits per heavy atom. The van der Waals surface area contributed by atoms with Gasteiger partial charge in [-0.15, -0.1) is 0 Å². The summed E-state index contributed by atoms with van der Waals surface area (Å²) in [6.07, 6.45) is 4.40. The summed E-state index contributed by atoms with van der Waals surface area (Å²) in [5, 5.41) is 2.94. The lowest BCUT2D eigenvalue weighted by atomic mass is 9.88. The summed E-state index contributed by atoms with van der Waals surface area (Å²) in [5.74, 6) is -0.981. The topological polar surface area (TPSA) is 72.5 Å². The molecule has 1 N–H and O–H groups in total. The Bertz CT molecular complexity index is 849. The van der Waals surface area contributed by atoms with Crippen LogP contribution >= 0.6 is 0 Å². The number of carbonyl (C=O) groups is 2. The molecule has 2 aromatic carbocycles. The second-order valence-electron chi connectivity index (χ2n) is 6.24. The minimum atomic E-state index is -1.31. The Hall–Kier alpha value is -2.47. The van der Waals surface area contributed by atoms with Crippen molar-refractivity contribution in [1.82, 2.24) is 5.32 Å². The van der Waals surface area contributed by atoms with Crippen LogP contribution in [0.2, 0.25) is 0 Å². The van der Waals surface area contributed by atoms with Gasteiger partial charge in [0.15, 0.2) is 6.61 Å². The van der Waals surface area contributed by atoms with E-state index in [0.29, 0.717) is 4.90 Å². The van der Waals surface area contributed by atoms with Gasteiger partial charge in [-0.2, -0.15) is 0 Å². The summed E-state index contributed by atoms with van der Waals surface area (Å²) in [4.78, 5) is 24.9. The van der Waals surface area contributed by atoms with Crippen LogP contribution in [0.4, 0.5) is 0 Å². The number of amides is 1. The lowest BCUT2D eigenvalue weighted by molar-refractivity contribution is -0.125. The molecule has 3 rings (SSSR count). The van der Waals surface area contributed by atoms with Crippen molar-refractivity contribution >= 4 is 22.7 Å². The monoisotopic (exact) mass is 371 g/mol.